The van der Waals surface area contributed by atoms with Crippen molar-refractivity contribution in [3.05, 3.63) is 35.6 Å². The minimum atomic E-state index is -0.933. The minimum absolute atomic E-state index is 0.0984. The summed E-state index contributed by atoms with van der Waals surface area (Å²) < 4.78 is 25.0. The molecule has 3 fully saturated rings. The molecule has 2 aliphatic heterocycles. The molecule has 3 aliphatic rings. The lowest BCUT2D eigenvalue weighted by Gasteiger charge is -2.38. The summed E-state index contributed by atoms with van der Waals surface area (Å²) in [6, 6.07) is 6.52. The third-order valence-electron chi connectivity index (χ3n) is 5.86. The SMILES string of the molecule is O=C(NCCc1ccccc1F)C1(C(=O)N2CCC3(CC2)OCCO3)CC1. The van der Waals surface area contributed by atoms with Crippen molar-refractivity contribution in [2.45, 2.75) is 37.9 Å². The highest BCUT2D eigenvalue weighted by atomic mass is 19.1. The molecule has 4 rings (SSSR count). The molecule has 2 saturated heterocycles. The fraction of sp³-hybridized carbons (Fsp3) is 0.600. The van der Waals surface area contributed by atoms with Crippen LogP contribution in [-0.2, 0) is 25.5 Å². The quantitative estimate of drug-likeness (QED) is 0.794. The molecule has 146 valence electrons. The molecule has 1 N–H and O–H groups in total. The molecular formula is C20H25FN2O4. The van der Waals surface area contributed by atoms with E-state index in [-0.39, 0.29) is 17.6 Å². The van der Waals surface area contributed by atoms with Gasteiger partial charge in [-0.05, 0) is 30.9 Å². The molecule has 2 amide bonds. The van der Waals surface area contributed by atoms with Crippen molar-refractivity contribution in [2.24, 2.45) is 5.41 Å². The lowest BCUT2D eigenvalue weighted by atomic mass is 9.98. The van der Waals surface area contributed by atoms with Crippen LogP contribution in [0.15, 0.2) is 24.3 Å². The van der Waals surface area contributed by atoms with Crippen LogP contribution in [0.4, 0.5) is 4.39 Å². The summed E-state index contributed by atoms with van der Waals surface area (Å²) in [6.45, 7) is 2.61. The summed E-state index contributed by atoms with van der Waals surface area (Å²) in [5.41, 5.74) is -0.371. The zero-order chi connectivity index (χ0) is 18.9. The summed E-state index contributed by atoms with van der Waals surface area (Å²) in [7, 11) is 0. The van der Waals surface area contributed by atoms with E-state index in [9.17, 15) is 14.0 Å². The van der Waals surface area contributed by atoms with Crippen LogP contribution in [0.1, 0.15) is 31.2 Å². The van der Waals surface area contributed by atoms with E-state index in [0.29, 0.717) is 70.5 Å². The number of nitrogens with one attached hydrogen (secondary N) is 1. The first-order valence-corrected chi connectivity index (χ1v) is 9.64. The van der Waals surface area contributed by atoms with E-state index in [0.717, 1.165) is 0 Å². The molecule has 7 heteroatoms. The summed E-state index contributed by atoms with van der Waals surface area (Å²) in [5, 5.41) is 2.83. The number of piperidine rings is 1. The highest BCUT2D eigenvalue weighted by molar-refractivity contribution is 6.07. The third kappa shape index (κ3) is 3.58. The van der Waals surface area contributed by atoms with E-state index >= 15 is 0 Å². The zero-order valence-corrected chi connectivity index (χ0v) is 15.3. The number of carbonyl (C=O) groups is 2. The second kappa shape index (κ2) is 7.20. The number of ether oxygens (including phenoxy) is 2. The van der Waals surface area contributed by atoms with E-state index in [1.54, 1.807) is 23.1 Å². The van der Waals surface area contributed by atoms with Crippen LogP contribution in [-0.4, -0.2) is 55.3 Å². The Kier molecular flexibility index (Phi) is 4.90. The largest absolute Gasteiger partial charge is 0.355 e. The van der Waals surface area contributed by atoms with Gasteiger partial charge in [0, 0.05) is 32.5 Å². The standard InChI is InChI=1S/C20H25FN2O4/c21-16-4-2-1-3-15(16)5-10-22-17(24)19(6-7-19)18(25)23-11-8-20(9-12-23)26-13-14-27-20/h1-4H,5-14H2,(H,22,24). The minimum Gasteiger partial charge on any atom is -0.355 e. The molecular weight excluding hydrogens is 351 g/mol. The maximum absolute atomic E-state index is 13.7. The number of likely N-dealkylation sites (tertiary alicyclic amines) is 1. The molecule has 0 atom stereocenters. The smallest absolute Gasteiger partial charge is 0.238 e. The third-order valence-corrected chi connectivity index (χ3v) is 5.86. The van der Waals surface area contributed by atoms with Crippen molar-refractivity contribution in [2.75, 3.05) is 32.8 Å². The highest BCUT2D eigenvalue weighted by Gasteiger charge is 2.58. The Morgan fingerprint density at radius 2 is 1.74 bits per heavy atom. The number of hydrogen-bond acceptors (Lipinski definition) is 4. The second-order valence-corrected chi connectivity index (χ2v) is 7.58. The first-order chi connectivity index (χ1) is 13.0. The van der Waals surface area contributed by atoms with E-state index in [1.807, 2.05) is 0 Å². The number of hydrogen-bond donors (Lipinski definition) is 1. The molecule has 6 nitrogen and oxygen atoms in total. The Bertz CT molecular complexity index is 718. The summed E-state index contributed by atoms with van der Waals surface area (Å²) >= 11 is 0. The van der Waals surface area contributed by atoms with Gasteiger partial charge in [-0.2, -0.15) is 0 Å². The summed E-state index contributed by atoms with van der Waals surface area (Å²) in [4.78, 5) is 27.3. The van der Waals surface area contributed by atoms with Crippen LogP contribution in [0.2, 0.25) is 0 Å². The van der Waals surface area contributed by atoms with Crippen molar-refractivity contribution in [3.63, 3.8) is 0 Å². The first-order valence-electron chi connectivity index (χ1n) is 9.64. The van der Waals surface area contributed by atoms with Gasteiger partial charge in [0.1, 0.15) is 11.2 Å². The Morgan fingerprint density at radius 1 is 1.07 bits per heavy atom. The van der Waals surface area contributed by atoms with Gasteiger partial charge < -0.3 is 19.7 Å². The molecule has 1 aromatic rings. The molecule has 0 unspecified atom stereocenters. The van der Waals surface area contributed by atoms with E-state index < -0.39 is 11.2 Å². The van der Waals surface area contributed by atoms with Crippen LogP contribution in [0.3, 0.4) is 0 Å². The fourth-order valence-corrected chi connectivity index (χ4v) is 3.98. The van der Waals surface area contributed by atoms with Gasteiger partial charge in [0.25, 0.3) is 0 Å². The lowest BCUT2D eigenvalue weighted by Crippen LogP contribution is -2.52. The van der Waals surface area contributed by atoms with E-state index in [1.165, 1.54) is 6.07 Å². The van der Waals surface area contributed by atoms with Gasteiger partial charge in [0.2, 0.25) is 11.8 Å². The predicted molar refractivity (Wildman–Crippen MR) is 95.2 cm³/mol. The zero-order valence-electron chi connectivity index (χ0n) is 15.3. The van der Waals surface area contributed by atoms with Gasteiger partial charge in [-0.25, -0.2) is 4.39 Å². The molecule has 1 aliphatic carbocycles. The average Bonchev–Trinajstić information content (AvgIpc) is 3.38. The van der Waals surface area contributed by atoms with Gasteiger partial charge >= 0.3 is 0 Å². The number of carbonyl (C=O) groups excluding carboxylic acids is 2. The highest BCUT2D eigenvalue weighted by Crippen LogP contribution is 2.48. The Balaban J connectivity index is 1.29. The molecule has 2 heterocycles. The van der Waals surface area contributed by atoms with E-state index in [2.05, 4.69) is 5.32 Å². The van der Waals surface area contributed by atoms with Crippen molar-refractivity contribution < 1.29 is 23.5 Å². The first kappa shape index (κ1) is 18.4. The fourth-order valence-electron chi connectivity index (χ4n) is 3.98. The van der Waals surface area contributed by atoms with Gasteiger partial charge in [-0.3, -0.25) is 9.59 Å². The molecule has 1 saturated carbocycles. The van der Waals surface area contributed by atoms with Crippen LogP contribution in [0.25, 0.3) is 0 Å². The van der Waals surface area contributed by atoms with Crippen molar-refractivity contribution >= 4 is 11.8 Å². The van der Waals surface area contributed by atoms with E-state index in [4.69, 9.17) is 9.47 Å². The number of amides is 2. The number of benzene rings is 1. The van der Waals surface area contributed by atoms with Crippen molar-refractivity contribution in [1.29, 1.82) is 0 Å². The van der Waals surface area contributed by atoms with Crippen LogP contribution < -0.4 is 5.32 Å². The van der Waals surface area contributed by atoms with Crippen LogP contribution in [0, 0.1) is 11.2 Å². The normalized spacial score (nSPS) is 22.6. The topological polar surface area (TPSA) is 67.9 Å². The molecule has 1 aromatic carbocycles. The van der Waals surface area contributed by atoms with Gasteiger partial charge in [-0.1, -0.05) is 18.2 Å². The summed E-state index contributed by atoms with van der Waals surface area (Å²) in [6.07, 6.45) is 2.84. The maximum atomic E-state index is 13.7. The molecule has 0 radical (unpaired) electrons. The predicted octanol–water partition coefficient (Wildman–Crippen LogP) is 1.63. The molecule has 0 bridgehead atoms. The Morgan fingerprint density at radius 3 is 2.37 bits per heavy atom. The van der Waals surface area contributed by atoms with Gasteiger partial charge in [0.15, 0.2) is 5.79 Å². The Labute approximate surface area is 158 Å². The molecule has 27 heavy (non-hydrogen) atoms. The van der Waals surface area contributed by atoms with Gasteiger partial charge in [-0.15, -0.1) is 0 Å². The number of rotatable bonds is 5. The maximum Gasteiger partial charge on any atom is 0.238 e. The van der Waals surface area contributed by atoms with Crippen molar-refractivity contribution in [1.82, 2.24) is 10.2 Å². The Hall–Kier alpha value is -1.99. The second-order valence-electron chi connectivity index (χ2n) is 7.58. The summed E-state index contributed by atoms with van der Waals surface area (Å²) in [5.74, 6) is -1.14. The van der Waals surface area contributed by atoms with Gasteiger partial charge in [0.05, 0.1) is 13.2 Å². The number of halogens is 1. The average molecular weight is 376 g/mol. The van der Waals surface area contributed by atoms with Crippen molar-refractivity contribution in [3.8, 4) is 0 Å². The van der Waals surface area contributed by atoms with Crippen LogP contribution >= 0.6 is 0 Å². The number of nitrogens with zero attached hydrogens (tertiary/aromatic N) is 1. The lowest BCUT2D eigenvalue weighted by molar-refractivity contribution is -0.188. The molecule has 1 spiro atoms. The monoisotopic (exact) mass is 376 g/mol. The molecule has 0 aromatic heterocycles. The van der Waals surface area contributed by atoms with Crippen LogP contribution in [0.5, 0.6) is 0 Å².